The van der Waals surface area contributed by atoms with E-state index in [0.29, 0.717) is 35.5 Å². The van der Waals surface area contributed by atoms with Crippen LogP contribution in [0.15, 0.2) is 72.4 Å². The number of carbonyl (C=O) groups excluding carboxylic acids is 1. The van der Waals surface area contributed by atoms with Crippen LogP contribution in [-0.4, -0.2) is 50.4 Å². The first kappa shape index (κ1) is 21.4. The van der Waals surface area contributed by atoms with Gasteiger partial charge in [-0.3, -0.25) is 14.7 Å². The largest absolute Gasteiger partial charge is 0.309 e. The van der Waals surface area contributed by atoms with Gasteiger partial charge in [0, 0.05) is 30.4 Å². The highest BCUT2D eigenvalue weighted by Crippen LogP contribution is 2.27. The number of carbonyl (C=O) groups is 1. The summed E-state index contributed by atoms with van der Waals surface area (Å²) >= 11 is 1.49. The Bertz CT molecular complexity index is 1200. The van der Waals surface area contributed by atoms with E-state index < -0.39 is 0 Å². The molecule has 4 aromatic rings. The summed E-state index contributed by atoms with van der Waals surface area (Å²) in [7, 11) is 0. The zero-order valence-corrected chi connectivity index (χ0v) is 18.9. The first-order valence-electron chi connectivity index (χ1n) is 11.0. The van der Waals surface area contributed by atoms with E-state index in [-0.39, 0.29) is 5.91 Å². The molecule has 0 radical (unpaired) electrons. The van der Waals surface area contributed by atoms with Gasteiger partial charge in [-0.2, -0.15) is 0 Å². The second-order valence-corrected chi connectivity index (χ2v) is 8.94. The van der Waals surface area contributed by atoms with Gasteiger partial charge in [-0.05, 0) is 43.0 Å². The number of piperidine rings is 1. The molecule has 33 heavy (non-hydrogen) atoms. The van der Waals surface area contributed by atoms with Gasteiger partial charge >= 0.3 is 0 Å². The van der Waals surface area contributed by atoms with E-state index in [1.165, 1.54) is 16.9 Å². The van der Waals surface area contributed by atoms with E-state index in [2.05, 4.69) is 54.4 Å². The maximum Gasteiger partial charge on any atom is 0.239 e. The molecule has 1 fully saturated rings. The predicted molar refractivity (Wildman–Crippen MR) is 130 cm³/mol. The molecule has 0 bridgehead atoms. The van der Waals surface area contributed by atoms with Crippen LogP contribution in [0.2, 0.25) is 0 Å². The fraction of sp³-hybridized carbons (Fsp3) is 0.240. The van der Waals surface area contributed by atoms with Crippen LogP contribution < -0.4 is 5.32 Å². The monoisotopic (exact) mass is 456 g/mol. The quantitative estimate of drug-likeness (QED) is 0.461. The maximum absolute atomic E-state index is 12.9. The number of likely N-dealkylation sites (tertiary alicyclic amines) is 1. The molecule has 0 spiro atoms. The summed E-state index contributed by atoms with van der Waals surface area (Å²) in [5, 5.41) is 5.64. The SMILES string of the molecule is O=C(CN1CCCC(c2ccccc2)C1)Nc1cc(-c2nccs2)nc(-c2ccccn2)n1. The van der Waals surface area contributed by atoms with Crippen molar-refractivity contribution in [3.05, 3.63) is 77.9 Å². The summed E-state index contributed by atoms with van der Waals surface area (Å²) in [6, 6.07) is 17.9. The number of nitrogens with zero attached hydrogens (tertiary/aromatic N) is 5. The number of hydrogen-bond acceptors (Lipinski definition) is 7. The van der Waals surface area contributed by atoms with E-state index in [1.54, 1.807) is 18.5 Å². The third kappa shape index (κ3) is 5.30. The van der Waals surface area contributed by atoms with Gasteiger partial charge in [0.15, 0.2) is 5.82 Å². The minimum absolute atomic E-state index is 0.0838. The Labute approximate surface area is 196 Å². The van der Waals surface area contributed by atoms with Gasteiger partial charge in [-0.1, -0.05) is 36.4 Å². The minimum Gasteiger partial charge on any atom is -0.309 e. The molecule has 1 aliphatic heterocycles. The van der Waals surface area contributed by atoms with E-state index in [4.69, 9.17) is 0 Å². The number of nitrogens with one attached hydrogen (secondary N) is 1. The summed E-state index contributed by atoms with van der Waals surface area (Å²) in [4.78, 5) is 33.1. The average molecular weight is 457 g/mol. The molecule has 0 aliphatic carbocycles. The molecule has 1 aromatic carbocycles. The second-order valence-electron chi connectivity index (χ2n) is 8.05. The number of thiazole rings is 1. The summed E-state index contributed by atoms with van der Waals surface area (Å²) in [6.45, 7) is 2.13. The molecule has 8 heteroatoms. The van der Waals surface area contributed by atoms with Crippen molar-refractivity contribution in [2.45, 2.75) is 18.8 Å². The Balaban J connectivity index is 1.32. The Morgan fingerprint density at radius 2 is 1.91 bits per heavy atom. The molecule has 1 saturated heterocycles. The van der Waals surface area contributed by atoms with Crippen LogP contribution in [0.4, 0.5) is 5.82 Å². The highest BCUT2D eigenvalue weighted by Gasteiger charge is 2.23. The topological polar surface area (TPSA) is 83.9 Å². The van der Waals surface area contributed by atoms with Gasteiger partial charge < -0.3 is 5.32 Å². The maximum atomic E-state index is 12.9. The van der Waals surface area contributed by atoms with Crippen LogP contribution in [-0.2, 0) is 4.79 Å². The third-order valence-corrected chi connectivity index (χ3v) is 6.48. The highest BCUT2D eigenvalue weighted by atomic mass is 32.1. The lowest BCUT2D eigenvalue weighted by molar-refractivity contribution is -0.117. The van der Waals surface area contributed by atoms with Gasteiger partial charge in [-0.15, -0.1) is 11.3 Å². The van der Waals surface area contributed by atoms with Gasteiger partial charge in [-0.25, -0.2) is 15.0 Å². The van der Waals surface area contributed by atoms with Crippen molar-refractivity contribution in [2.75, 3.05) is 25.0 Å². The van der Waals surface area contributed by atoms with Gasteiger partial charge in [0.25, 0.3) is 0 Å². The van der Waals surface area contributed by atoms with Crippen molar-refractivity contribution in [1.82, 2.24) is 24.8 Å². The predicted octanol–water partition coefficient (Wildman–Crippen LogP) is 4.48. The lowest BCUT2D eigenvalue weighted by Crippen LogP contribution is -2.39. The van der Waals surface area contributed by atoms with Crippen LogP contribution in [0.5, 0.6) is 0 Å². The first-order chi connectivity index (χ1) is 16.2. The molecule has 1 N–H and O–H groups in total. The zero-order valence-electron chi connectivity index (χ0n) is 18.1. The Morgan fingerprint density at radius 1 is 1.03 bits per heavy atom. The normalized spacial score (nSPS) is 16.4. The minimum atomic E-state index is -0.0838. The molecule has 1 atom stereocenters. The molecular weight excluding hydrogens is 432 g/mol. The molecule has 1 unspecified atom stereocenters. The van der Waals surface area contributed by atoms with Crippen molar-refractivity contribution >= 4 is 23.1 Å². The molecule has 7 nitrogen and oxygen atoms in total. The molecule has 166 valence electrons. The number of aromatic nitrogens is 4. The summed E-state index contributed by atoms with van der Waals surface area (Å²) in [5.74, 6) is 1.29. The van der Waals surface area contributed by atoms with E-state index >= 15 is 0 Å². The second kappa shape index (κ2) is 9.97. The molecule has 1 amide bonds. The van der Waals surface area contributed by atoms with Gasteiger partial charge in [0.2, 0.25) is 5.91 Å². The van der Waals surface area contributed by atoms with E-state index in [0.717, 1.165) is 30.9 Å². The zero-order chi connectivity index (χ0) is 22.5. The Kier molecular flexibility index (Phi) is 6.46. The number of pyridine rings is 1. The fourth-order valence-corrected chi connectivity index (χ4v) is 4.76. The fourth-order valence-electron chi connectivity index (χ4n) is 4.16. The van der Waals surface area contributed by atoms with Crippen molar-refractivity contribution < 1.29 is 4.79 Å². The smallest absolute Gasteiger partial charge is 0.239 e. The van der Waals surface area contributed by atoms with Crippen molar-refractivity contribution in [3.63, 3.8) is 0 Å². The van der Waals surface area contributed by atoms with Crippen molar-refractivity contribution in [1.29, 1.82) is 0 Å². The Hall–Kier alpha value is -3.49. The molecule has 3 aromatic heterocycles. The Morgan fingerprint density at radius 3 is 2.70 bits per heavy atom. The number of benzene rings is 1. The molecular formula is C25H24N6OS. The standard InChI is InChI=1S/C25H24N6OS/c32-23(17-31-13-6-9-19(16-31)18-7-2-1-3-8-18)29-22-15-21(25-27-12-14-33-25)28-24(30-22)20-10-4-5-11-26-20/h1-5,7-8,10-12,14-15,19H,6,9,13,16-17H2,(H,28,29,30,32). The molecule has 0 saturated carbocycles. The van der Waals surface area contributed by atoms with Crippen LogP contribution in [0, 0.1) is 0 Å². The van der Waals surface area contributed by atoms with E-state index in [9.17, 15) is 4.79 Å². The summed E-state index contributed by atoms with van der Waals surface area (Å²) < 4.78 is 0. The molecule has 4 heterocycles. The van der Waals surface area contributed by atoms with Gasteiger partial charge in [0.1, 0.15) is 22.2 Å². The number of amides is 1. The van der Waals surface area contributed by atoms with Gasteiger partial charge in [0.05, 0.1) is 6.54 Å². The van der Waals surface area contributed by atoms with E-state index in [1.807, 2.05) is 29.6 Å². The van der Waals surface area contributed by atoms with Crippen molar-refractivity contribution in [2.24, 2.45) is 0 Å². The van der Waals surface area contributed by atoms with Crippen LogP contribution in [0.25, 0.3) is 22.2 Å². The lowest BCUT2D eigenvalue weighted by atomic mass is 9.91. The van der Waals surface area contributed by atoms with Crippen LogP contribution in [0.3, 0.4) is 0 Å². The number of hydrogen-bond donors (Lipinski definition) is 1. The summed E-state index contributed by atoms with van der Waals surface area (Å²) in [5.41, 5.74) is 2.65. The number of rotatable bonds is 6. The molecule has 5 rings (SSSR count). The van der Waals surface area contributed by atoms with Crippen molar-refractivity contribution in [3.8, 4) is 22.2 Å². The summed E-state index contributed by atoms with van der Waals surface area (Å²) in [6.07, 6.45) is 5.67. The van der Waals surface area contributed by atoms with Crippen LogP contribution >= 0.6 is 11.3 Å². The average Bonchev–Trinajstić information content (AvgIpc) is 3.40. The molecule has 1 aliphatic rings. The lowest BCUT2D eigenvalue weighted by Gasteiger charge is -2.32. The third-order valence-electron chi connectivity index (χ3n) is 5.68. The highest BCUT2D eigenvalue weighted by molar-refractivity contribution is 7.13. The van der Waals surface area contributed by atoms with Crippen LogP contribution in [0.1, 0.15) is 24.3 Å². The first-order valence-corrected chi connectivity index (χ1v) is 11.9. The number of anilines is 1.